The number of unbranched alkanes of at least 4 members (excludes halogenated alkanes) is 3. The number of nitrogens with one attached hydrogen (secondary N) is 1. The van der Waals surface area contributed by atoms with Gasteiger partial charge < -0.3 is 19.9 Å². The van der Waals surface area contributed by atoms with Gasteiger partial charge in [-0.15, -0.1) is 0 Å². The van der Waals surface area contributed by atoms with E-state index in [4.69, 9.17) is 0 Å². The first-order valence-corrected chi connectivity index (χ1v) is 9.36. The Labute approximate surface area is 160 Å². The number of anilines is 1. The number of amides is 1. The van der Waals surface area contributed by atoms with Gasteiger partial charge in [0.15, 0.2) is 5.96 Å². The van der Waals surface area contributed by atoms with Crippen LogP contribution in [0.5, 0.6) is 0 Å². The molecule has 1 amide bonds. The van der Waals surface area contributed by atoms with E-state index in [1.165, 1.54) is 7.11 Å². The topological polar surface area (TPSA) is 92.1 Å². The molecule has 9 heteroatoms. The molecule has 0 aliphatic carbocycles. The molecule has 1 aliphatic rings. The predicted molar refractivity (Wildman–Crippen MR) is 104 cm³/mol. The number of hydrogen-bond donors (Lipinski definition) is 1. The third-order valence-electron chi connectivity index (χ3n) is 4.55. The van der Waals surface area contributed by atoms with Gasteiger partial charge in [-0.1, -0.05) is 12.8 Å². The summed E-state index contributed by atoms with van der Waals surface area (Å²) in [4.78, 5) is 31.6. The molecule has 0 atom stereocenters. The third-order valence-corrected chi connectivity index (χ3v) is 4.55. The van der Waals surface area contributed by atoms with Crippen LogP contribution in [0.3, 0.4) is 0 Å². The average molecular weight is 378 g/mol. The number of carbonyl (C=O) groups is 2. The summed E-state index contributed by atoms with van der Waals surface area (Å²) >= 11 is 0. The van der Waals surface area contributed by atoms with Crippen molar-refractivity contribution in [2.45, 2.75) is 32.1 Å². The molecule has 9 nitrogen and oxygen atoms in total. The second kappa shape index (κ2) is 10.5. The number of methoxy groups -OCH3 is 1. The van der Waals surface area contributed by atoms with Crippen molar-refractivity contribution < 1.29 is 14.3 Å². The molecule has 1 aromatic rings. The summed E-state index contributed by atoms with van der Waals surface area (Å²) in [6.07, 6.45) is 7.92. The molecular weight excluding hydrogens is 348 g/mol. The van der Waals surface area contributed by atoms with E-state index in [0.29, 0.717) is 19.5 Å². The summed E-state index contributed by atoms with van der Waals surface area (Å²) in [6, 6.07) is 0. The fourth-order valence-corrected chi connectivity index (χ4v) is 3.06. The number of ether oxygens (including phenoxy) is 1. The first-order valence-electron chi connectivity index (χ1n) is 9.36. The van der Waals surface area contributed by atoms with Gasteiger partial charge in [-0.25, -0.2) is 0 Å². The molecule has 1 aromatic heterocycles. The highest BCUT2D eigenvalue weighted by atomic mass is 16.5. The number of piperazine rings is 1. The van der Waals surface area contributed by atoms with Crippen LogP contribution < -0.4 is 10.2 Å². The lowest BCUT2D eigenvalue weighted by Crippen LogP contribution is -2.55. The molecule has 1 N–H and O–H groups in total. The first-order chi connectivity index (χ1) is 13.0. The number of aliphatic imine (C=N–C) groups is 1. The van der Waals surface area contributed by atoms with Crippen molar-refractivity contribution in [1.29, 1.82) is 0 Å². The Hall–Kier alpha value is -2.58. The van der Waals surface area contributed by atoms with Crippen LogP contribution in [-0.2, 0) is 21.4 Å². The van der Waals surface area contributed by atoms with Crippen LogP contribution in [0.2, 0.25) is 0 Å². The van der Waals surface area contributed by atoms with Crippen molar-refractivity contribution in [2.75, 3.05) is 45.2 Å². The normalized spacial score (nSPS) is 15.2. The molecule has 0 radical (unpaired) electrons. The van der Waals surface area contributed by atoms with Crippen molar-refractivity contribution >= 4 is 23.5 Å². The van der Waals surface area contributed by atoms with Crippen LogP contribution in [0.25, 0.3) is 0 Å². The molecule has 0 spiro atoms. The largest absolute Gasteiger partial charge is 0.469 e. The molecular formula is C18H30N6O3. The zero-order valence-corrected chi connectivity index (χ0v) is 16.5. The van der Waals surface area contributed by atoms with Gasteiger partial charge in [0.2, 0.25) is 5.91 Å². The first kappa shape index (κ1) is 20.7. The van der Waals surface area contributed by atoms with Gasteiger partial charge in [-0.05, 0) is 12.8 Å². The number of aromatic nitrogens is 2. The Morgan fingerprint density at radius 1 is 1.30 bits per heavy atom. The lowest BCUT2D eigenvalue weighted by Gasteiger charge is -2.35. The molecule has 150 valence electrons. The van der Waals surface area contributed by atoms with Crippen molar-refractivity contribution in [2.24, 2.45) is 12.0 Å². The van der Waals surface area contributed by atoms with E-state index in [1.807, 2.05) is 18.1 Å². The zero-order valence-electron chi connectivity index (χ0n) is 16.5. The second-order valence-electron chi connectivity index (χ2n) is 6.55. The highest BCUT2D eigenvalue weighted by Gasteiger charge is 2.27. The van der Waals surface area contributed by atoms with Crippen molar-refractivity contribution in [3.8, 4) is 0 Å². The quantitative estimate of drug-likeness (QED) is 0.311. The second-order valence-corrected chi connectivity index (χ2v) is 6.55. The van der Waals surface area contributed by atoms with Crippen LogP contribution >= 0.6 is 0 Å². The highest BCUT2D eigenvalue weighted by molar-refractivity contribution is 5.98. The number of aryl methyl sites for hydroxylation is 1. The molecule has 0 saturated carbocycles. The molecule has 27 heavy (non-hydrogen) atoms. The monoisotopic (exact) mass is 378 g/mol. The van der Waals surface area contributed by atoms with E-state index < -0.39 is 0 Å². The Balaban J connectivity index is 1.69. The number of esters is 1. The molecule has 0 unspecified atom stereocenters. The van der Waals surface area contributed by atoms with Gasteiger partial charge in [0.1, 0.15) is 6.54 Å². The van der Waals surface area contributed by atoms with Crippen molar-refractivity contribution in [3.63, 3.8) is 0 Å². The minimum absolute atomic E-state index is 0.0417. The molecule has 0 aromatic carbocycles. The van der Waals surface area contributed by atoms with Crippen molar-refractivity contribution in [1.82, 2.24) is 20.0 Å². The number of hydrogen-bond acceptors (Lipinski definition) is 5. The molecule has 2 rings (SSSR count). The van der Waals surface area contributed by atoms with E-state index in [1.54, 1.807) is 22.8 Å². The van der Waals surface area contributed by atoms with Crippen LogP contribution in [0.1, 0.15) is 32.1 Å². The maximum absolute atomic E-state index is 12.5. The van der Waals surface area contributed by atoms with Gasteiger partial charge in [-0.3, -0.25) is 19.3 Å². The number of nitrogens with zero attached hydrogens (tertiary/aromatic N) is 5. The Morgan fingerprint density at radius 3 is 2.70 bits per heavy atom. The number of guanidine groups is 1. The van der Waals surface area contributed by atoms with E-state index in [0.717, 1.165) is 50.4 Å². The summed E-state index contributed by atoms with van der Waals surface area (Å²) < 4.78 is 6.32. The summed E-state index contributed by atoms with van der Waals surface area (Å²) in [5.41, 5.74) is 0.831. The predicted octanol–water partition coefficient (Wildman–Crippen LogP) is 0.768. The maximum Gasteiger partial charge on any atom is 0.305 e. The lowest BCUT2D eigenvalue weighted by atomic mass is 10.1. The molecule has 0 bridgehead atoms. The van der Waals surface area contributed by atoms with E-state index in [2.05, 4.69) is 20.1 Å². The average Bonchev–Trinajstić information content (AvgIpc) is 3.09. The van der Waals surface area contributed by atoms with Gasteiger partial charge >= 0.3 is 5.97 Å². The number of rotatable bonds is 8. The summed E-state index contributed by atoms with van der Waals surface area (Å²) in [6.45, 7) is 2.42. The van der Waals surface area contributed by atoms with Crippen LogP contribution in [0.4, 0.5) is 5.69 Å². The number of carbonyl (C=O) groups excluding carboxylic acids is 2. The van der Waals surface area contributed by atoms with Gasteiger partial charge in [0, 0.05) is 46.3 Å². The van der Waals surface area contributed by atoms with Crippen molar-refractivity contribution in [3.05, 3.63) is 12.4 Å². The van der Waals surface area contributed by atoms with Gasteiger partial charge in [-0.2, -0.15) is 5.10 Å². The molecule has 1 saturated heterocycles. The Bertz CT molecular complexity index is 657. The van der Waals surface area contributed by atoms with Crippen LogP contribution in [0, 0.1) is 0 Å². The summed E-state index contributed by atoms with van der Waals surface area (Å²) in [7, 11) is 4.99. The third kappa shape index (κ3) is 6.26. The molecule has 1 fully saturated rings. The fraction of sp³-hybridized carbons (Fsp3) is 0.667. The fourth-order valence-electron chi connectivity index (χ4n) is 3.06. The Morgan fingerprint density at radius 2 is 2.07 bits per heavy atom. The minimum atomic E-state index is -0.149. The summed E-state index contributed by atoms with van der Waals surface area (Å²) in [5.74, 6) is 0.646. The van der Waals surface area contributed by atoms with Gasteiger partial charge in [0.05, 0.1) is 19.0 Å². The van der Waals surface area contributed by atoms with Gasteiger partial charge in [0.25, 0.3) is 0 Å². The molecule has 2 heterocycles. The van der Waals surface area contributed by atoms with Crippen LogP contribution in [0.15, 0.2) is 17.4 Å². The highest BCUT2D eigenvalue weighted by Crippen LogP contribution is 2.16. The zero-order chi connectivity index (χ0) is 19.6. The summed E-state index contributed by atoms with van der Waals surface area (Å²) in [5, 5.41) is 7.46. The van der Waals surface area contributed by atoms with E-state index in [9.17, 15) is 9.59 Å². The lowest BCUT2D eigenvalue weighted by molar-refractivity contribution is -0.140. The minimum Gasteiger partial charge on any atom is -0.469 e. The maximum atomic E-state index is 12.5. The smallest absolute Gasteiger partial charge is 0.305 e. The van der Waals surface area contributed by atoms with E-state index in [-0.39, 0.29) is 11.9 Å². The van der Waals surface area contributed by atoms with Crippen LogP contribution in [-0.4, -0.2) is 72.9 Å². The SMILES string of the molecule is CN=C(NCCCCCCC(=O)OC)N1CCN(c2cnn(C)c2)C(=O)C1. The Kier molecular flexibility index (Phi) is 8.09. The van der Waals surface area contributed by atoms with E-state index >= 15 is 0 Å². The standard InChI is InChI=1S/C18H30N6O3/c1-19-18(20-9-7-5-4-6-8-17(26)27-3)23-10-11-24(16(25)14-23)15-12-21-22(2)13-15/h12-13H,4-11,14H2,1-3H3,(H,19,20). The molecule has 1 aliphatic heterocycles.